The molecule has 0 radical (unpaired) electrons. The highest BCUT2D eigenvalue weighted by molar-refractivity contribution is 5.98. The second-order valence-corrected chi connectivity index (χ2v) is 9.64. The Morgan fingerprint density at radius 1 is 1.18 bits per heavy atom. The van der Waals surface area contributed by atoms with Crippen LogP contribution in [0.2, 0.25) is 0 Å². The normalized spacial score (nSPS) is 23.9. The number of fused-ring (bicyclic) bond motifs is 1. The van der Waals surface area contributed by atoms with Gasteiger partial charge in [0.1, 0.15) is 0 Å². The van der Waals surface area contributed by atoms with Crippen molar-refractivity contribution < 1.29 is 32.6 Å². The molecule has 2 saturated heterocycles. The SMILES string of the molecule is O=C(O)C(F)(F)F.O=C(c1ccc2cc[nH]c2c1)N1CCCC2(COCCN(CC3CC3)C2)C1. The topological polar surface area (TPSA) is 85.9 Å². The molecule has 1 unspecified atom stereocenters. The quantitative estimate of drug-likeness (QED) is 0.697. The van der Waals surface area contributed by atoms with Crippen LogP contribution in [0, 0.1) is 11.3 Å². The number of carboxylic acid groups (broad SMARTS) is 1. The summed E-state index contributed by atoms with van der Waals surface area (Å²) in [6.45, 7) is 6.60. The molecule has 7 nitrogen and oxygen atoms in total. The molecule has 3 fully saturated rings. The third-order valence-corrected chi connectivity index (χ3v) is 6.73. The number of hydrogen-bond donors (Lipinski definition) is 2. The number of alkyl halides is 3. The number of H-pyrrole nitrogens is 1. The van der Waals surface area contributed by atoms with Gasteiger partial charge >= 0.3 is 12.1 Å². The van der Waals surface area contributed by atoms with Crippen LogP contribution in [0.5, 0.6) is 0 Å². The highest BCUT2D eigenvalue weighted by atomic mass is 19.4. The Morgan fingerprint density at radius 3 is 2.65 bits per heavy atom. The number of likely N-dealkylation sites (tertiary alicyclic amines) is 1. The van der Waals surface area contributed by atoms with Gasteiger partial charge in [0, 0.05) is 55.4 Å². The van der Waals surface area contributed by atoms with Crippen LogP contribution in [0.3, 0.4) is 0 Å². The van der Waals surface area contributed by atoms with Gasteiger partial charge in [0.15, 0.2) is 0 Å². The summed E-state index contributed by atoms with van der Waals surface area (Å²) < 4.78 is 37.8. The summed E-state index contributed by atoms with van der Waals surface area (Å²) in [6.07, 6.45) is 1.84. The average molecular weight is 482 g/mol. The molecule has 1 aliphatic carbocycles. The molecule has 2 aromatic rings. The number of carbonyl (C=O) groups is 2. The highest BCUT2D eigenvalue weighted by Crippen LogP contribution is 2.36. The van der Waals surface area contributed by atoms with Crippen LogP contribution >= 0.6 is 0 Å². The lowest BCUT2D eigenvalue weighted by Crippen LogP contribution is -2.52. The monoisotopic (exact) mass is 481 g/mol. The van der Waals surface area contributed by atoms with E-state index >= 15 is 0 Å². The second-order valence-electron chi connectivity index (χ2n) is 9.64. The fraction of sp³-hybridized carbons (Fsp3) is 0.583. The zero-order valence-corrected chi connectivity index (χ0v) is 18.9. The van der Waals surface area contributed by atoms with Crippen molar-refractivity contribution in [3.63, 3.8) is 0 Å². The summed E-state index contributed by atoms with van der Waals surface area (Å²) in [5, 5.41) is 8.27. The number of halogens is 3. The van der Waals surface area contributed by atoms with E-state index in [-0.39, 0.29) is 11.3 Å². The third-order valence-electron chi connectivity index (χ3n) is 6.73. The molecule has 1 atom stereocenters. The van der Waals surface area contributed by atoms with Crippen LogP contribution in [0.1, 0.15) is 36.0 Å². The van der Waals surface area contributed by atoms with Gasteiger partial charge in [0.05, 0.1) is 13.2 Å². The minimum atomic E-state index is -5.08. The van der Waals surface area contributed by atoms with E-state index in [1.807, 2.05) is 30.5 Å². The molecule has 1 spiro atoms. The van der Waals surface area contributed by atoms with Gasteiger partial charge in [-0.3, -0.25) is 4.79 Å². The van der Waals surface area contributed by atoms with Crippen LogP contribution in [0.25, 0.3) is 10.9 Å². The molecule has 1 amide bonds. The van der Waals surface area contributed by atoms with Crippen molar-refractivity contribution >= 4 is 22.8 Å². The van der Waals surface area contributed by atoms with Crippen LogP contribution < -0.4 is 0 Å². The molecule has 1 aromatic carbocycles. The first-order valence-electron chi connectivity index (χ1n) is 11.6. The highest BCUT2D eigenvalue weighted by Gasteiger charge is 2.41. The van der Waals surface area contributed by atoms with Crippen molar-refractivity contribution in [1.82, 2.24) is 14.8 Å². The van der Waals surface area contributed by atoms with E-state index in [1.54, 1.807) is 0 Å². The zero-order chi connectivity index (χ0) is 24.3. The van der Waals surface area contributed by atoms with Crippen LogP contribution in [-0.2, 0) is 9.53 Å². The maximum absolute atomic E-state index is 13.2. The molecule has 3 aliphatic rings. The number of aromatic nitrogens is 1. The standard InChI is InChI=1S/C22H29N3O2.C2HF3O2/c26-21(19-5-4-18-6-8-23-20(18)12-19)25-9-1-7-22(15-25)14-24(10-11-27-16-22)13-17-2-3-17;3-2(4,5)1(6)7/h4-6,8,12,17,23H,1-3,7,9-11,13-16H2;(H,6,7). The number of aliphatic carboxylic acids is 1. The summed E-state index contributed by atoms with van der Waals surface area (Å²) in [5.41, 5.74) is 1.91. The van der Waals surface area contributed by atoms with Gasteiger partial charge in [-0.05, 0) is 55.2 Å². The molecule has 1 aromatic heterocycles. The van der Waals surface area contributed by atoms with Gasteiger partial charge in [-0.15, -0.1) is 0 Å². The summed E-state index contributed by atoms with van der Waals surface area (Å²) in [4.78, 5) is 30.0. The molecular formula is C24H30F3N3O4. The van der Waals surface area contributed by atoms with Gasteiger partial charge in [-0.25, -0.2) is 4.79 Å². The fourth-order valence-corrected chi connectivity index (χ4v) is 4.89. The first-order chi connectivity index (χ1) is 16.2. The van der Waals surface area contributed by atoms with Crippen molar-refractivity contribution in [2.45, 2.75) is 31.9 Å². The number of carbonyl (C=O) groups excluding carboxylic acids is 1. The minimum Gasteiger partial charge on any atom is -0.475 e. The number of nitrogens with one attached hydrogen (secondary N) is 1. The molecule has 1 saturated carbocycles. The van der Waals surface area contributed by atoms with Crippen molar-refractivity contribution in [3.8, 4) is 0 Å². The van der Waals surface area contributed by atoms with Gasteiger partial charge < -0.3 is 24.6 Å². The molecule has 0 bridgehead atoms. The van der Waals surface area contributed by atoms with E-state index in [1.165, 1.54) is 19.4 Å². The summed E-state index contributed by atoms with van der Waals surface area (Å²) in [6, 6.07) is 8.02. The minimum absolute atomic E-state index is 0.0931. The van der Waals surface area contributed by atoms with Crippen molar-refractivity contribution in [1.29, 1.82) is 0 Å². The average Bonchev–Trinajstić information content (AvgIpc) is 3.52. The van der Waals surface area contributed by atoms with Gasteiger partial charge in [0.25, 0.3) is 5.91 Å². The Balaban J connectivity index is 0.000000344. The first-order valence-corrected chi connectivity index (χ1v) is 11.6. The van der Waals surface area contributed by atoms with E-state index in [0.717, 1.165) is 74.6 Å². The molecule has 2 N–H and O–H groups in total. The second kappa shape index (κ2) is 9.95. The Bertz CT molecular complexity index is 1020. The Hall–Kier alpha value is -2.59. The van der Waals surface area contributed by atoms with Crippen molar-refractivity contribution in [2.24, 2.45) is 11.3 Å². The number of piperidine rings is 1. The fourth-order valence-electron chi connectivity index (χ4n) is 4.89. The van der Waals surface area contributed by atoms with Gasteiger partial charge in [0.2, 0.25) is 0 Å². The van der Waals surface area contributed by atoms with Crippen molar-refractivity contribution in [3.05, 3.63) is 36.0 Å². The van der Waals surface area contributed by atoms with Crippen LogP contribution in [0.15, 0.2) is 30.5 Å². The smallest absolute Gasteiger partial charge is 0.475 e. The summed E-state index contributed by atoms with van der Waals surface area (Å²) in [5.74, 6) is -1.70. The molecule has 3 heterocycles. The number of benzene rings is 1. The number of ether oxygens (including phenoxy) is 1. The van der Waals surface area contributed by atoms with E-state index < -0.39 is 12.1 Å². The van der Waals surface area contributed by atoms with E-state index in [9.17, 15) is 18.0 Å². The molecule has 10 heteroatoms. The lowest BCUT2D eigenvalue weighted by Gasteiger charge is -2.43. The largest absolute Gasteiger partial charge is 0.490 e. The number of rotatable bonds is 3. The Labute approximate surface area is 195 Å². The third kappa shape index (κ3) is 6.09. The summed E-state index contributed by atoms with van der Waals surface area (Å²) in [7, 11) is 0. The predicted molar refractivity (Wildman–Crippen MR) is 120 cm³/mol. The van der Waals surface area contributed by atoms with E-state index in [0.29, 0.717) is 0 Å². The number of carboxylic acids is 1. The zero-order valence-electron chi connectivity index (χ0n) is 18.9. The molecular weight excluding hydrogens is 451 g/mol. The Morgan fingerprint density at radius 2 is 1.94 bits per heavy atom. The van der Waals surface area contributed by atoms with Crippen LogP contribution in [-0.4, -0.2) is 83.9 Å². The number of hydrogen-bond acceptors (Lipinski definition) is 4. The molecule has 186 valence electrons. The van der Waals surface area contributed by atoms with E-state index in [4.69, 9.17) is 14.6 Å². The molecule has 2 aliphatic heterocycles. The van der Waals surface area contributed by atoms with Crippen LogP contribution in [0.4, 0.5) is 13.2 Å². The lowest BCUT2D eigenvalue weighted by molar-refractivity contribution is -0.192. The lowest BCUT2D eigenvalue weighted by atomic mass is 9.79. The number of nitrogens with zero attached hydrogens (tertiary/aromatic N) is 2. The summed E-state index contributed by atoms with van der Waals surface area (Å²) >= 11 is 0. The number of aromatic amines is 1. The van der Waals surface area contributed by atoms with Gasteiger partial charge in [-0.2, -0.15) is 13.2 Å². The van der Waals surface area contributed by atoms with Gasteiger partial charge in [-0.1, -0.05) is 6.07 Å². The maximum atomic E-state index is 13.2. The predicted octanol–water partition coefficient (Wildman–Crippen LogP) is 3.77. The van der Waals surface area contributed by atoms with Crippen molar-refractivity contribution in [2.75, 3.05) is 45.9 Å². The number of amides is 1. The first kappa shape index (κ1) is 24.5. The molecule has 5 rings (SSSR count). The Kier molecular flexibility index (Phi) is 7.18. The molecule has 34 heavy (non-hydrogen) atoms. The van der Waals surface area contributed by atoms with E-state index in [2.05, 4.69) is 14.8 Å². The maximum Gasteiger partial charge on any atom is 0.490 e.